The highest BCUT2D eigenvalue weighted by molar-refractivity contribution is 5.35. The van der Waals surface area contributed by atoms with Gasteiger partial charge in [0.1, 0.15) is 11.5 Å². The second kappa shape index (κ2) is 7.08. The molecule has 1 N–H and O–H groups in total. The van der Waals surface area contributed by atoms with Crippen LogP contribution in [0, 0.1) is 0 Å². The maximum atomic E-state index is 9.75. The summed E-state index contributed by atoms with van der Waals surface area (Å²) in [5, 5.41) is 9.75. The van der Waals surface area contributed by atoms with Crippen molar-refractivity contribution >= 4 is 0 Å². The maximum Gasteiger partial charge on any atom is 0.127 e. The quantitative estimate of drug-likeness (QED) is 0.861. The number of aliphatic hydroxyl groups excluding tert-OH is 1. The highest BCUT2D eigenvalue weighted by Crippen LogP contribution is 2.25. The first kappa shape index (κ1) is 14.6. The molecule has 0 saturated heterocycles. The standard InChI is InChI=1S/C17H20O3/c1-3-17(18)14-7-9-15(10-8-14)20-16-6-4-5-13(11-16)12-19-2/h4-11,17-18H,3,12H2,1-2H3. The molecular weight excluding hydrogens is 252 g/mol. The van der Waals surface area contributed by atoms with Crippen LogP contribution in [0.1, 0.15) is 30.6 Å². The molecule has 0 aliphatic heterocycles. The van der Waals surface area contributed by atoms with Crippen LogP contribution in [0.2, 0.25) is 0 Å². The summed E-state index contributed by atoms with van der Waals surface area (Å²) < 4.78 is 10.9. The van der Waals surface area contributed by atoms with E-state index in [1.54, 1.807) is 7.11 Å². The number of methoxy groups -OCH3 is 1. The highest BCUT2D eigenvalue weighted by atomic mass is 16.5. The van der Waals surface area contributed by atoms with Crippen LogP contribution in [0.3, 0.4) is 0 Å². The van der Waals surface area contributed by atoms with E-state index < -0.39 is 6.10 Å². The van der Waals surface area contributed by atoms with Gasteiger partial charge in [0.2, 0.25) is 0 Å². The van der Waals surface area contributed by atoms with E-state index in [0.29, 0.717) is 13.0 Å². The van der Waals surface area contributed by atoms with Crippen molar-refractivity contribution in [2.75, 3.05) is 7.11 Å². The van der Waals surface area contributed by atoms with Crippen LogP contribution >= 0.6 is 0 Å². The van der Waals surface area contributed by atoms with Gasteiger partial charge in [0.15, 0.2) is 0 Å². The van der Waals surface area contributed by atoms with Crippen LogP contribution in [0.15, 0.2) is 48.5 Å². The lowest BCUT2D eigenvalue weighted by Gasteiger charge is -2.10. The van der Waals surface area contributed by atoms with E-state index in [0.717, 1.165) is 22.6 Å². The van der Waals surface area contributed by atoms with Gasteiger partial charge in [-0.1, -0.05) is 31.2 Å². The van der Waals surface area contributed by atoms with Gasteiger partial charge in [-0.15, -0.1) is 0 Å². The van der Waals surface area contributed by atoms with Crippen molar-refractivity contribution in [3.8, 4) is 11.5 Å². The minimum absolute atomic E-state index is 0.408. The topological polar surface area (TPSA) is 38.7 Å². The van der Waals surface area contributed by atoms with E-state index >= 15 is 0 Å². The van der Waals surface area contributed by atoms with Gasteiger partial charge in [0, 0.05) is 7.11 Å². The predicted octanol–water partition coefficient (Wildman–Crippen LogP) is 4.07. The first-order valence-corrected chi connectivity index (χ1v) is 6.76. The Morgan fingerprint density at radius 1 is 1.05 bits per heavy atom. The fraction of sp³-hybridized carbons (Fsp3) is 0.294. The van der Waals surface area contributed by atoms with Crippen molar-refractivity contribution in [2.24, 2.45) is 0 Å². The zero-order chi connectivity index (χ0) is 14.4. The Morgan fingerprint density at radius 3 is 2.45 bits per heavy atom. The maximum absolute atomic E-state index is 9.75. The molecule has 2 aromatic rings. The number of hydrogen-bond donors (Lipinski definition) is 1. The molecule has 0 bridgehead atoms. The minimum atomic E-state index is -0.408. The first-order valence-electron chi connectivity index (χ1n) is 6.76. The molecule has 20 heavy (non-hydrogen) atoms. The molecule has 0 radical (unpaired) electrons. The third-order valence-corrected chi connectivity index (χ3v) is 3.10. The number of benzene rings is 2. The Morgan fingerprint density at radius 2 is 1.80 bits per heavy atom. The van der Waals surface area contributed by atoms with Gasteiger partial charge in [0.25, 0.3) is 0 Å². The lowest BCUT2D eigenvalue weighted by atomic mass is 10.1. The third kappa shape index (κ3) is 3.83. The van der Waals surface area contributed by atoms with Crippen molar-refractivity contribution < 1.29 is 14.6 Å². The number of ether oxygens (including phenoxy) is 2. The Hall–Kier alpha value is -1.84. The summed E-state index contributed by atoms with van der Waals surface area (Å²) in [6, 6.07) is 15.3. The number of rotatable bonds is 6. The molecule has 0 aromatic heterocycles. The summed E-state index contributed by atoms with van der Waals surface area (Å²) in [7, 11) is 1.67. The molecule has 0 fully saturated rings. The summed E-state index contributed by atoms with van der Waals surface area (Å²) in [6.45, 7) is 2.52. The molecule has 0 saturated carbocycles. The summed E-state index contributed by atoms with van der Waals surface area (Å²) in [4.78, 5) is 0. The lowest BCUT2D eigenvalue weighted by Crippen LogP contribution is -1.94. The van der Waals surface area contributed by atoms with Crippen molar-refractivity contribution in [1.29, 1.82) is 0 Å². The fourth-order valence-corrected chi connectivity index (χ4v) is 2.00. The van der Waals surface area contributed by atoms with Crippen LogP contribution in [0.25, 0.3) is 0 Å². The van der Waals surface area contributed by atoms with Crippen molar-refractivity contribution in [2.45, 2.75) is 26.1 Å². The molecular formula is C17H20O3. The molecule has 1 unspecified atom stereocenters. The number of hydrogen-bond acceptors (Lipinski definition) is 3. The van der Waals surface area contributed by atoms with Gasteiger partial charge in [-0.3, -0.25) is 0 Å². The predicted molar refractivity (Wildman–Crippen MR) is 78.9 cm³/mol. The van der Waals surface area contributed by atoms with Crippen LogP contribution in [0.4, 0.5) is 0 Å². The van der Waals surface area contributed by atoms with E-state index in [1.807, 2.05) is 55.5 Å². The SMILES string of the molecule is CCC(O)c1ccc(Oc2cccc(COC)c2)cc1. The average molecular weight is 272 g/mol. The van der Waals surface area contributed by atoms with Crippen molar-refractivity contribution in [3.05, 3.63) is 59.7 Å². The van der Waals surface area contributed by atoms with Gasteiger partial charge >= 0.3 is 0 Å². The third-order valence-electron chi connectivity index (χ3n) is 3.10. The molecule has 0 aliphatic carbocycles. The molecule has 0 amide bonds. The summed E-state index contributed by atoms with van der Waals surface area (Å²) in [6.07, 6.45) is 0.299. The van der Waals surface area contributed by atoms with E-state index in [2.05, 4.69) is 0 Å². The second-order valence-electron chi connectivity index (χ2n) is 4.68. The molecule has 106 valence electrons. The molecule has 0 aliphatic rings. The van der Waals surface area contributed by atoms with Crippen molar-refractivity contribution in [3.63, 3.8) is 0 Å². The highest BCUT2D eigenvalue weighted by Gasteiger charge is 2.05. The van der Waals surface area contributed by atoms with E-state index in [4.69, 9.17) is 9.47 Å². The van der Waals surface area contributed by atoms with Crippen LogP contribution in [0.5, 0.6) is 11.5 Å². The van der Waals surface area contributed by atoms with Crippen LogP contribution in [-0.4, -0.2) is 12.2 Å². The van der Waals surface area contributed by atoms with Crippen LogP contribution < -0.4 is 4.74 Å². The van der Waals surface area contributed by atoms with Gasteiger partial charge in [0.05, 0.1) is 12.7 Å². The second-order valence-corrected chi connectivity index (χ2v) is 4.68. The minimum Gasteiger partial charge on any atom is -0.457 e. The van der Waals surface area contributed by atoms with Gasteiger partial charge in [-0.2, -0.15) is 0 Å². The first-order chi connectivity index (χ1) is 9.72. The molecule has 2 aromatic carbocycles. The molecule has 3 nitrogen and oxygen atoms in total. The monoisotopic (exact) mass is 272 g/mol. The Labute approximate surface area is 119 Å². The Balaban J connectivity index is 2.08. The molecule has 0 heterocycles. The van der Waals surface area contributed by atoms with E-state index in [9.17, 15) is 5.11 Å². The van der Waals surface area contributed by atoms with E-state index in [-0.39, 0.29) is 0 Å². The average Bonchev–Trinajstić information content (AvgIpc) is 2.48. The summed E-state index contributed by atoms with van der Waals surface area (Å²) in [5.41, 5.74) is 1.98. The van der Waals surface area contributed by atoms with Gasteiger partial charge in [-0.05, 0) is 41.8 Å². The molecule has 0 spiro atoms. The summed E-state index contributed by atoms with van der Waals surface area (Å²) >= 11 is 0. The van der Waals surface area contributed by atoms with Gasteiger partial charge < -0.3 is 14.6 Å². The molecule has 2 rings (SSSR count). The number of aliphatic hydroxyl groups is 1. The van der Waals surface area contributed by atoms with Gasteiger partial charge in [-0.25, -0.2) is 0 Å². The molecule has 3 heteroatoms. The van der Waals surface area contributed by atoms with Crippen molar-refractivity contribution in [1.82, 2.24) is 0 Å². The summed E-state index contributed by atoms with van der Waals surface area (Å²) in [5.74, 6) is 1.54. The lowest BCUT2D eigenvalue weighted by molar-refractivity contribution is 0.173. The molecule has 1 atom stereocenters. The largest absolute Gasteiger partial charge is 0.457 e. The zero-order valence-corrected chi connectivity index (χ0v) is 11.9. The van der Waals surface area contributed by atoms with E-state index in [1.165, 1.54) is 0 Å². The smallest absolute Gasteiger partial charge is 0.127 e. The Bertz CT molecular complexity index is 534. The normalized spacial score (nSPS) is 12.2. The van der Waals surface area contributed by atoms with Crippen LogP contribution in [-0.2, 0) is 11.3 Å². The zero-order valence-electron chi connectivity index (χ0n) is 11.9. The Kier molecular flexibility index (Phi) is 5.16. The fourth-order valence-electron chi connectivity index (χ4n) is 2.00.